The number of aromatic nitrogens is 2. The molecule has 5 rings (SSSR count). The lowest BCUT2D eigenvalue weighted by atomic mass is 9.84. The van der Waals surface area contributed by atoms with E-state index in [1.54, 1.807) is 0 Å². The quantitative estimate of drug-likeness (QED) is 0.257. The molecule has 2 atom stereocenters. The van der Waals surface area contributed by atoms with E-state index in [9.17, 15) is 4.91 Å². The predicted molar refractivity (Wildman–Crippen MR) is 163 cm³/mol. The molecule has 0 radical (unpaired) electrons. The molecule has 2 aromatic carbocycles. The van der Waals surface area contributed by atoms with Crippen LogP contribution in [0.25, 0.3) is 22.5 Å². The van der Waals surface area contributed by atoms with Gasteiger partial charge in [0.1, 0.15) is 0 Å². The van der Waals surface area contributed by atoms with Gasteiger partial charge in [0.05, 0.1) is 5.70 Å². The number of hydrogen-bond donors (Lipinski definition) is 1. The van der Waals surface area contributed by atoms with Crippen molar-refractivity contribution >= 4 is 0 Å². The van der Waals surface area contributed by atoms with Gasteiger partial charge in [-0.3, -0.25) is 0 Å². The van der Waals surface area contributed by atoms with Crippen LogP contribution in [0.5, 0.6) is 0 Å². The molecule has 40 heavy (non-hydrogen) atoms. The van der Waals surface area contributed by atoms with E-state index in [1.807, 2.05) is 12.4 Å². The number of nitrogens with two attached hydrogens (primary N) is 1. The topological polar surface area (TPSA) is 84.5 Å². The summed E-state index contributed by atoms with van der Waals surface area (Å²) in [4.78, 5) is 22.4. The van der Waals surface area contributed by atoms with Gasteiger partial charge in [-0.1, -0.05) is 87.9 Å². The average Bonchev–Trinajstić information content (AvgIpc) is 2.99. The number of benzene rings is 2. The lowest BCUT2D eigenvalue weighted by molar-refractivity contribution is 0.145. The Morgan fingerprint density at radius 2 is 1.57 bits per heavy atom. The van der Waals surface area contributed by atoms with Gasteiger partial charge in [-0.2, -0.15) is 0 Å². The molecule has 6 nitrogen and oxygen atoms in total. The smallest absolute Gasteiger partial charge is 0.159 e. The van der Waals surface area contributed by atoms with Crippen LogP contribution in [0.3, 0.4) is 0 Å². The van der Waals surface area contributed by atoms with Crippen LogP contribution in [0.2, 0.25) is 0 Å². The minimum atomic E-state index is 0.00577. The predicted octanol–water partition coefficient (Wildman–Crippen LogP) is 7.48. The van der Waals surface area contributed by atoms with Crippen molar-refractivity contribution in [2.45, 2.75) is 63.8 Å². The molecule has 1 aromatic heterocycles. The van der Waals surface area contributed by atoms with Crippen LogP contribution < -0.4 is 5.73 Å². The van der Waals surface area contributed by atoms with Crippen LogP contribution in [0.15, 0.2) is 90.7 Å². The largest absolute Gasteiger partial charge is 0.374 e. The Kier molecular flexibility index (Phi) is 8.85. The molecule has 1 aliphatic heterocycles. The summed E-state index contributed by atoms with van der Waals surface area (Å²) in [6.07, 6.45) is 12.2. The fourth-order valence-corrected chi connectivity index (χ4v) is 6.09. The van der Waals surface area contributed by atoms with Crippen molar-refractivity contribution < 1.29 is 0 Å². The third kappa shape index (κ3) is 6.23. The Balaban J connectivity index is 1.22. The van der Waals surface area contributed by atoms with E-state index in [-0.39, 0.29) is 17.9 Å². The maximum Gasteiger partial charge on any atom is 0.159 e. The monoisotopic (exact) mass is 535 g/mol. The normalized spacial score (nSPS) is 17.6. The van der Waals surface area contributed by atoms with Crippen LogP contribution in [-0.4, -0.2) is 34.0 Å². The summed E-state index contributed by atoms with van der Waals surface area (Å²) in [5, 5.41) is 3.00. The number of nitrogens with zero attached hydrogens (tertiary/aromatic N) is 4. The third-order valence-corrected chi connectivity index (χ3v) is 8.93. The fourth-order valence-electron chi connectivity index (χ4n) is 6.09. The number of likely N-dealkylation sites (tertiary alicyclic amines) is 1. The molecule has 2 unspecified atom stereocenters. The second-order valence-corrected chi connectivity index (χ2v) is 11.5. The number of rotatable bonds is 11. The molecule has 3 aromatic rings. The summed E-state index contributed by atoms with van der Waals surface area (Å²) in [6.45, 7) is 11.7. The molecule has 2 fully saturated rings. The van der Waals surface area contributed by atoms with Crippen molar-refractivity contribution in [3.05, 3.63) is 102 Å². The lowest BCUT2D eigenvalue weighted by Crippen LogP contribution is -2.49. The molecule has 0 spiro atoms. The van der Waals surface area contributed by atoms with Gasteiger partial charge in [0.15, 0.2) is 5.82 Å². The summed E-state index contributed by atoms with van der Waals surface area (Å²) >= 11 is 0. The molecule has 2 N–H and O–H groups in total. The fraction of sp³-hybridized carbons (Fsp3) is 0.412. The van der Waals surface area contributed by atoms with Crippen molar-refractivity contribution in [1.82, 2.24) is 14.9 Å². The first-order valence-corrected chi connectivity index (χ1v) is 14.7. The van der Waals surface area contributed by atoms with Crippen molar-refractivity contribution in [3.8, 4) is 22.5 Å². The highest BCUT2D eigenvalue weighted by atomic mass is 16.3. The SMILES string of the molecule is C=C(N=O)C1CN(C(=C)C(Cc2ccc(-c3ncc(-c4ccc(C5CCCCC5)cc4)cn3)cc2)C(N)CC)C1. The molecule has 2 heterocycles. The van der Waals surface area contributed by atoms with Crippen LogP contribution in [0.1, 0.15) is 62.5 Å². The zero-order valence-electron chi connectivity index (χ0n) is 23.6. The van der Waals surface area contributed by atoms with Crippen molar-refractivity contribution in [2.75, 3.05) is 13.1 Å². The molecule has 208 valence electrons. The van der Waals surface area contributed by atoms with Gasteiger partial charge >= 0.3 is 0 Å². The van der Waals surface area contributed by atoms with Crippen molar-refractivity contribution in [3.63, 3.8) is 0 Å². The maximum atomic E-state index is 10.8. The van der Waals surface area contributed by atoms with Crippen LogP contribution in [-0.2, 0) is 6.42 Å². The Hall–Kier alpha value is -3.64. The molecule has 1 saturated heterocycles. The van der Waals surface area contributed by atoms with E-state index in [1.165, 1.54) is 43.2 Å². The Labute approximate surface area is 238 Å². The summed E-state index contributed by atoms with van der Waals surface area (Å²) in [5.41, 5.74) is 13.8. The van der Waals surface area contributed by atoms with Gasteiger partial charge in [0.25, 0.3) is 0 Å². The van der Waals surface area contributed by atoms with E-state index in [2.05, 4.69) is 88.7 Å². The third-order valence-electron chi connectivity index (χ3n) is 8.93. The molecule has 6 heteroatoms. The maximum absolute atomic E-state index is 10.8. The van der Waals surface area contributed by atoms with Gasteiger partial charge in [-0.25, -0.2) is 9.97 Å². The average molecular weight is 536 g/mol. The minimum absolute atomic E-state index is 0.00577. The van der Waals surface area contributed by atoms with E-state index in [4.69, 9.17) is 5.73 Å². The number of hydrogen-bond acceptors (Lipinski definition) is 6. The van der Waals surface area contributed by atoms with Gasteiger partial charge in [-0.05, 0) is 53.5 Å². The van der Waals surface area contributed by atoms with E-state index in [0.29, 0.717) is 11.6 Å². The standard InChI is InChI=1S/C34H41N5O/c1-4-33(35)32(24(3)39-21-31(22-39)23(2)38-40)18-25-10-12-29(13-11-25)34-36-19-30(20-37-34)28-16-14-27(15-17-28)26-8-6-5-7-9-26/h10-17,19-20,26,31-33H,2-9,18,21-22,35H2,1H3. The first kappa shape index (κ1) is 27.9. The van der Waals surface area contributed by atoms with E-state index < -0.39 is 0 Å². The van der Waals surface area contributed by atoms with Crippen LogP contribution >= 0.6 is 0 Å². The zero-order valence-corrected chi connectivity index (χ0v) is 23.6. The van der Waals surface area contributed by atoms with E-state index in [0.717, 1.165) is 54.1 Å². The molecule has 0 amide bonds. The summed E-state index contributed by atoms with van der Waals surface area (Å²) < 4.78 is 0. The lowest BCUT2D eigenvalue weighted by Gasteiger charge is -2.44. The Morgan fingerprint density at radius 3 is 2.17 bits per heavy atom. The van der Waals surface area contributed by atoms with Gasteiger partial charge < -0.3 is 10.6 Å². The Morgan fingerprint density at radius 1 is 0.950 bits per heavy atom. The van der Waals surface area contributed by atoms with Gasteiger partial charge in [-0.15, -0.1) is 4.91 Å². The first-order valence-electron chi connectivity index (χ1n) is 14.7. The summed E-state index contributed by atoms with van der Waals surface area (Å²) in [7, 11) is 0. The van der Waals surface area contributed by atoms with Gasteiger partial charge in [0.2, 0.25) is 0 Å². The van der Waals surface area contributed by atoms with Gasteiger partial charge in [0, 0.05) is 60.2 Å². The van der Waals surface area contributed by atoms with Crippen LogP contribution in [0.4, 0.5) is 0 Å². The first-order chi connectivity index (χ1) is 19.5. The second-order valence-electron chi connectivity index (χ2n) is 11.5. The highest BCUT2D eigenvalue weighted by Gasteiger charge is 2.34. The summed E-state index contributed by atoms with van der Waals surface area (Å²) in [6, 6.07) is 17.4. The van der Waals surface area contributed by atoms with Crippen molar-refractivity contribution in [2.24, 2.45) is 22.7 Å². The minimum Gasteiger partial charge on any atom is -0.374 e. The molecule has 2 aliphatic rings. The van der Waals surface area contributed by atoms with Crippen molar-refractivity contribution in [1.29, 1.82) is 0 Å². The second kappa shape index (κ2) is 12.7. The molecular formula is C34H41N5O. The highest BCUT2D eigenvalue weighted by Crippen LogP contribution is 2.34. The molecular weight excluding hydrogens is 494 g/mol. The highest BCUT2D eigenvalue weighted by molar-refractivity contribution is 5.64. The van der Waals surface area contributed by atoms with Crippen LogP contribution in [0, 0.1) is 16.7 Å². The Bertz CT molecular complexity index is 1300. The molecule has 0 bridgehead atoms. The number of nitroso groups, excluding NO2 is 1. The van der Waals surface area contributed by atoms with E-state index >= 15 is 0 Å². The molecule has 1 aliphatic carbocycles. The zero-order chi connectivity index (χ0) is 28.1. The molecule has 1 saturated carbocycles. The summed E-state index contributed by atoms with van der Waals surface area (Å²) in [5.74, 6) is 1.66.